The monoisotopic (exact) mass is 319 g/mol. The molecular formula is C17H25N3O3. The Balaban J connectivity index is 2.82. The van der Waals surface area contributed by atoms with Gasteiger partial charge in [-0.05, 0) is 62.8 Å². The molecule has 0 radical (unpaired) electrons. The van der Waals surface area contributed by atoms with Crippen molar-refractivity contribution in [2.45, 2.75) is 52.1 Å². The standard InChI is InChI=1S/C17H25N3O3/c1-12-10-13(6-8-15(12)22-5)14(11-19-20-18)7-9-16(21)23-17(2,3)4/h6,8,10,14H,7,9,11H2,1-5H3/t14-/m1/s1. The summed E-state index contributed by atoms with van der Waals surface area (Å²) in [5.41, 5.74) is 10.1. The van der Waals surface area contributed by atoms with Gasteiger partial charge >= 0.3 is 5.97 Å². The summed E-state index contributed by atoms with van der Waals surface area (Å²) in [5, 5.41) is 3.67. The van der Waals surface area contributed by atoms with Gasteiger partial charge in [-0.15, -0.1) is 0 Å². The number of methoxy groups -OCH3 is 1. The Morgan fingerprint density at radius 3 is 2.61 bits per heavy atom. The number of ether oxygens (including phenoxy) is 2. The van der Waals surface area contributed by atoms with Gasteiger partial charge < -0.3 is 9.47 Å². The summed E-state index contributed by atoms with van der Waals surface area (Å²) >= 11 is 0. The molecule has 0 heterocycles. The zero-order chi connectivity index (χ0) is 17.5. The molecule has 6 heteroatoms. The molecule has 1 aromatic rings. The Morgan fingerprint density at radius 2 is 2.09 bits per heavy atom. The Morgan fingerprint density at radius 1 is 1.39 bits per heavy atom. The molecule has 0 spiro atoms. The number of hydrogen-bond donors (Lipinski definition) is 0. The number of benzene rings is 1. The quantitative estimate of drug-likeness (QED) is 0.320. The molecule has 0 aliphatic heterocycles. The summed E-state index contributed by atoms with van der Waals surface area (Å²) in [5.74, 6) is 0.542. The fourth-order valence-electron chi connectivity index (χ4n) is 2.34. The molecule has 0 bridgehead atoms. The van der Waals surface area contributed by atoms with Gasteiger partial charge in [-0.2, -0.15) is 0 Å². The van der Waals surface area contributed by atoms with Crippen LogP contribution in [0.5, 0.6) is 5.75 Å². The molecule has 0 amide bonds. The Hall–Kier alpha value is -2.20. The lowest BCUT2D eigenvalue weighted by molar-refractivity contribution is -0.155. The van der Waals surface area contributed by atoms with Gasteiger partial charge in [0.05, 0.1) is 7.11 Å². The van der Waals surface area contributed by atoms with Crippen LogP contribution in [0.2, 0.25) is 0 Å². The largest absolute Gasteiger partial charge is 0.496 e. The first-order chi connectivity index (χ1) is 10.8. The van der Waals surface area contributed by atoms with Crippen molar-refractivity contribution in [3.8, 4) is 5.75 Å². The van der Waals surface area contributed by atoms with E-state index in [1.54, 1.807) is 7.11 Å². The predicted molar refractivity (Wildman–Crippen MR) is 89.6 cm³/mol. The van der Waals surface area contributed by atoms with E-state index in [2.05, 4.69) is 10.0 Å². The van der Waals surface area contributed by atoms with E-state index in [1.165, 1.54) is 0 Å². The fourth-order valence-corrected chi connectivity index (χ4v) is 2.34. The third-order valence-electron chi connectivity index (χ3n) is 3.37. The molecule has 0 aromatic heterocycles. The third-order valence-corrected chi connectivity index (χ3v) is 3.37. The Bertz CT molecular complexity index is 587. The van der Waals surface area contributed by atoms with Gasteiger partial charge in [-0.3, -0.25) is 4.79 Å². The summed E-state index contributed by atoms with van der Waals surface area (Å²) < 4.78 is 10.6. The highest BCUT2D eigenvalue weighted by molar-refractivity contribution is 5.69. The maximum Gasteiger partial charge on any atom is 0.306 e. The van der Waals surface area contributed by atoms with Gasteiger partial charge in [-0.1, -0.05) is 17.2 Å². The molecule has 0 N–H and O–H groups in total. The van der Waals surface area contributed by atoms with Crippen molar-refractivity contribution >= 4 is 5.97 Å². The number of azide groups is 1. The van der Waals surface area contributed by atoms with E-state index in [9.17, 15) is 4.79 Å². The minimum Gasteiger partial charge on any atom is -0.496 e. The minimum atomic E-state index is -0.492. The topological polar surface area (TPSA) is 84.3 Å². The average Bonchev–Trinajstić information content (AvgIpc) is 2.45. The second-order valence-corrected chi connectivity index (χ2v) is 6.46. The van der Waals surface area contributed by atoms with Crippen LogP contribution >= 0.6 is 0 Å². The van der Waals surface area contributed by atoms with Gasteiger partial charge in [0, 0.05) is 17.9 Å². The van der Waals surface area contributed by atoms with E-state index in [4.69, 9.17) is 15.0 Å². The number of hydrogen-bond acceptors (Lipinski definition) is 4. The van der Waals surface area contributed by atoms with Crippen LogP contribution in [-0.4, -0.2) is 25.2 Å². The molecule has 0 saturated heterocycles. The van der Waals surface area contributed by atoms with Crippen LogP contribution in [0.4, 0.5) is 0 Å². The predicted octanol–water partition coefficient (Wildman–Crippen LogP) is 4.52. The van der Waals surface area contributed by atoms with Crippen LogP contribution in [0.1, 0.15) is 50.7 Å². The summed E-state index contributed by atoms with van der Waals surface area (Å²) in [7, 11) is 1.63. The van der Waals surface area contributed by atoms with Crippen LogP contribution in [0.15, 0.2) is 23.3 Å². The van der Waals surface area contributed by atoms with Crippen LogP contribution < -0.4 is 4.74 Å². The number of rotatable bonds is 7. The molecule has 0 fully saturated rings. The molecule has 0 saturated carbocycles. The van der Waals surface area contributed by atoms with Crippen molar-refractivity contribution in [2.24, 2.45) is 5.11 Å². The van der Waals surface area contributed by atoms with E-state index in [0.29, 0.717) is 13.0 Å². The highest BCUT2D eigenvalue weighted by atomic mass is 16.6. The second kappa shape index (κ2) is 8.44. The SMILES string of the molecule is COc1ccc([C@H](CCC(=O)OC(C)(C)C)CN=[N+]=[N-])cc1C. The average molecular weight is 319 g/mol. The highest BCUT2D eigenvalue weighted by Gasteiger charge is 2.19. The summed E-state index contributed by atoms with van der Waals surface area (Å²) in [6.07, 6.45) is 0.855. The van der Waals surface area contributed by atoms with Crippen LogP contribution in [0.25, 0.3) is 10.4 Å². The first-order valence-electron chi connectivity index (χ1n) is 7.64. The molecule has 23 heavy (non-hydrogen) atoms. The number of carbonyl (C=O) groups excluding carboxylic acids is 1. The Labute approximate surface area is 137 Å². The van der Waals surface area contributed by atoms with E-state index in [-0.39, 0.29) is 18.3 Å². The number of esters is 1. The van der Waals surface area contributed by atoms with Gasteiger partial charge in [0.1, 0.15) is 11.4 Å². The summed E-state index contributed by atoms with van der Waals surface area (Å²) in [6.45, 7) is 7.80. The second-order valence-electron chi connectivity index (χ2n) is 6.46. The fraction of sp³-hybridized carbons (Fsp3) is 0.588. The van der Waals surface area contributed by atoms with Crippen molar-refractivity contribution in [3.63, 3.8) is 0 Å². The zero-order valence-electron chi connectivity index (χ0n) is 14.5. The van der Waals surface area contributed by atoms with Crippen molar-refractivity contribution in [1.82, 2.24) is 0 Å². The van der Waals surface area contributed by atoms with Crippen molar-refractivity contribution in [3.05, 3.63) is 39.8 Å². The number of carbonyl (C=O) groups is 1. The lowest BCUT2D eigenvalue weighted by Crippen LogP contribution is -2.24. The van der Waals surface area contributed by atoms with Gasteiger partial charge in [-0.25, -0.2) is 0 Å². The molecule has 0 aliphatic carbocycles. The highest BCUT2D eigenvalue weighted by Crippen LogP contribution is 2.27. The van der Waals surface area contributed by atoms with E-state index in [0.717, 1.165) is 16.9 Å². The van der Waals surface area contributed by atoms with Gasteiger partial charge in [0.2, 0.25) is 0 Å². The lowest BCUT2D eigenvalue weighted by atomic mass is 9.93. The summed E-state index contributed by atoms with van der Waals surface area (Å²) in [4.78, 5) is 14.7. The molecule has 6 nitrogen and oxygen atoms in total. The zero-order valence-corrected chi connectivity index (χ0v) is 14.5. The van der Waals surface area contributed by atoms with Crippen molar-refractivity contribution in [1.29, 1.82) is 0 Å². The van der Waals surface area contributed by atoms with Gasteiger partial charge in [0.15, 0.2) is 0 Å². The van der Waals surface area contributed by atoms with E-state index >= 15 is 0 Å². The molecule has 126 valence electrons. The summed E-state index contributed by atoms with van der Waals surface area (Å²) in [6, 6.07) is 5.84. The number of nitrogens with zero attached hydrogens (tertiary/aromatic N) is 3. The molecule has 0 unspecified atom stereocenters. The molecule has 1 atom stereocenters. The maximum atomic E-state index is 11.9. The first kappa shape index (κ1) is 18.8. The van der Waals surface area contributed by atoms with E-state index < -0.39 is 5.60 Å². The van der Waals surface area contributed by atoms with Crippen LogP contribution in [0.3, 0.4) is 0 Å². The molecule has 0 aliphatic rings. The molecular weight excluding hydrogens is 294 g/mol. The minimum absolute atomic E-state index is 0.0250. The molecule has 1 aromatic carbocycles. The van der Waals surface area contributed by atoms with Crippen molar-refractivity contribution < 1.29 is 14.3 Å². The Kier molecular flexibility index (Phi) is 6.91. The molecule has 1 rings (SSSR count). The first-order valence-corrected chi connectivity index (χ1v) is 7.64. The van der Waals surface area contributed by atoms with E-state index in [1.807, 2.05) is 45.9 Å². The maximum absolute atomic E-state index is 11.9. The lowest BCUT2D eigenvalue weighted by Gasteiger charge is -2.21. The third kappa shape index (κ3) is 6.61. The van der Waals surface area contributed by atoms with Gasteiger partial charge in [0.25, 0.3) is 0 Å². The van der Waals surface area contributed by atoms with Crippen LogP contribution in [-0.2, 0) is 9.53 Å². The normalized spacial score (nSPS) is 12.2. The number of aryl methyl sites for hydroxylation is 1. The van der Waals surface area contributed by atoms with Crippen LogP contribution in [0, 0.1) is 6.92 Å². The van der Waals surface area contributed by atoms with Crippen molar-refractivity contribution in [2.75, 3.05) is 13.7 Å². The smallest absolute Gasteiger partial charge is 0.306 e.